The quantitative estimate of drug-likeness (QED) is 0.291. The lowest BCUT2D eigenvalue weighted by molar-refractivity contribution is -0.111. The third-order valence-electron chi connectivity index (χ3n) is 3.41. The van der Waals surface area contributed by atoms with E-state index in [1.165, 1.54) is 30.5 Å². The first-order chi connectivity index (χ1) is 11.0. The van der Waals surface area contributed by atoms with Gasteiger partial charge >= 0.3 is 7.95 Å². The van der Waals surface area contributed by atoms with Crippen LogP contribution < -0.4 is 0 Å². The van der Waals surface area contributed by atoms with Crippen LogP contribution in [0, 0.1) is 0 Å². The van der Waals surface area contributed by atoms with Crippen LogP contribution in [-0.4, -0.2) is 32.4 Å². The van der Waals surface area contributed by atoms with Gasteiger partial charge in [0.15, 0.2) is 5.12 Å². The third kappa shape index (κ3) is 11.3. The van der Waals surface area contributed by atoms with E-state index in [1.54, 1.807) is 0 Å². The Balaban J connectivity index is 4.55. The summed E-state index contributed by atoms with van der Waals surface area (Å²) in [7, 11) is -2.97. The van der Waals surface area contributed by atoms with Gasteiger partial charge in [-0.1, -0.05) is 46.0 Å². The fourth-order valence-electron chi connectivity index (χ4n) is 2.32. The van der Waals surface area contributed by atoms with Crippen LogP contribution in [0.4, 0.5) is 0 Å². The van der Waals surface area contributed by atoms with E-state index in [0.29, 0.717) is 19.6 Å². The Morgan fingerprint density at radius 1 is 0.957 bits per heavy atom. The standard InChI is InChI=1S/C17H36O4SSi/c1-6-10-11-12-13-15-17(18)22-23(19-8-3,20-9-4)21-16(5)14-7-2/h16H,6-15H2,1-5H3. The van der Waals surface area contributed by atoms with Crippen molar-refractivity contribution < 1.29 is 18.1 Å². The highest BCUT2D eigenvalue weighted by molar-refractivity contribution is 8.37. The van der Waals surface area contributed by atoms with E-state index < -0.39 is 7.95 Å². The highest BCUT2D eigenvalue weighted by Gasteiger charge is 2.46. The first kappa shape index (κ1) is 23.1. The number of hydrogen-bond acceptors (Lipinski definition) is 5. The molecule has 1 atom stereocenters. The highest BCUT2D eigenvalue weighted by atomic mass is 32.4. The van der Waals surface area contributed by atoms with Crippen molar-refractivity contribution in [2.24, 2.45) is 0 Å². The molecule has 0 aliphatic heterocycles. The van der Waals surface area contributed by atoms with E-state index in [-0.39, 0.29) is 11.2 Å². The van der Waals surface area contributed by atoms with Gasteiger partial charge in [-0.2, -0.15) is 0 Å². The van der Waals surface area contributed by atoms with Crippen molar-refractivity contribution in [3.63, 3.8) is 0 Å². The molecule has 0 amide bonds. The molecule has 0 saturated carbocycles. The molecule has 0 fully saturated rings. The Bertz CT molecular complexity index is 296. The molecule has 1 unspecified atom stereocenters. The molecule has 0 radical (unpaired) electrons. The summed E-state index contributed by atoms with van der Waals surface area (Å²) in [6.45, 7) is 11.2. The van der Waals surface area contributed by atoms with Crippen molar-refractivity contribution in [1.82, 2.24) is 0 Å². The van der Waals surface area contributed by atoms with Gasteiger partial charge < -0.3 is 13.3 Å². The Labute approximate surface area is 148 Å². The molecule has 0 heterocycles. The van der Waals surface area contributed by atoms with E-state index in [0.717, 1.165) is 25.7 Å². The Kier molecular flexibility index (Phi) is 14.5. The van der Waals surface area contributed by atoms with Gasteiger partial charge in [-0.3, -0.25) is 4.79 Å². The molecule has 0 aliphatic carbocycles. The molecule has 0 spiro atoms. The molecule has 0 saturated heterocycles. The Hall–Kier alpha value is 0.117. The van der Waals surface area contributed by atoms with Gasteiger partial charge in [-0.05, 0) is 44.8 Å². The molecule has 0 bridgehead atoms. The van der Waals surface area contributed by atoms with E-state index in [4.69, 9.17) is 13.3 Å². The predicted octanol–water partition coefficient (Wildman–Crippen LogP) is 5.32. The molecule has 23 heavy (non-hydrogen) atoms. The fraction of sp³-hybridized carbons (Fsp3) is 0.941. The summed E-state index contributed by atoms with van der Waals surface area (Å²) in [5.74, 6) is 0. The van der Waals surface area contributed by atoms with Gasteiger partial charge in [-0.15, -0.1) is 0 Å². The maximum atomic E-state index is 12.3. The number of unbranched alkanes of at least 4 members (excludes halogenated alkanes) is 4. The highest BCUT2D eigenvalue weighted by Crippen LogP contribution is 2.29. The molecule has 4 nitrogen and oxygen atoms in total. The first-order valence-corrected chi connectivity index (χ1v) is 12.5. The summed E-state index contributed by atoms with van der Waals surface area (Å²) in [5, 5.41) is 0.138. The summed E-state index contributed by atoms with van der Waals surface area (Å²) in [6, 6.07) is 0. The Morgan fingerprint density at radius 2 is 1.57 bits per heavy atom. The second-order valence-corrected chi connectivity index (χ2v) is 10.3. The second-order valence-electron chi connectivity index (χ2n) is 5.72. The van der Waals surface area contributed by atoms with Crippen LogP contribution in [0.15, 0.2) is 0 Å². The lowest BCUT2D eigenvalue weighted by Crippen LogP contribution is -2.46. The summed E-state index contributed by atoms with van der Waals surface area (Å²) >= 11 is 1.19. The predicted molar refractivity (Wildman–Crippen MR) is 100 cm³/mol. The van der Waals surface area contributed by atoms with Crippen LogP contribution in [-0.2, 0) is 18.1 Å². The van der Waals surface area contributed by atoms with Gasteiger partial charge in [0.1, 0.15) is 0 Å². The first-order valence-electron chi connectivity index (χ1n) is 9.21. The van der Waals surface area contributed by atoms with Crippen LogP contribution in [0.25, 0.3) is 0 Å². The summed E-state index contributed by atoms with van der Waals surface area (Å²) in [4.78, 5) is 12.3. The normalized spacial score (nSPS) is 13.3. The summed E-state index contributed by atoms with van der Waals surface area (Å²) in [6.07, 6.45) is 8.35. The van der Waals surface area contributed by atoms with Gasteiger partial charge in [0.2, 0.25) is 0 Å². The summed E-state index contributed by atoms with van der Waals surface area (Å²) < 4.78 is 17.8. The molecule has 138 valence electrons. The second kappa shape index (κ2) is 14.5. The third-order valence-corrected chi connectivity index (χ3v) is 8.49. The largest absolute Gasteiger partial charge is 0.581 e. The number of carbonyl (C=O) groups is 1. The molecule has 0 aromatic rings. The molecule has 0 N–H and O–H groups in total. The molecule has 0 aliphatic rings. The molecule has 6 heteroatoms. The number of carbonyl (C=O) groups excluding carboxylic acids is 1. The van der Waals surface area contributed by atoms with Crippen molar-refractivity contribution in [2.45, 2.75) is 92.1 Å². The van der Waals surface area contributed by atoms with Crippen molar-refractivity contribution in [3.05, 3.63) is 0 Å². The number of hydrogen-bond donors (Lipinski definition) is 0. The molecular weight excluding hydrogens is 328 g/mol. The molecule has 0 aromatic carbocycles. The number of rotatable bonds is 15. The molecular formula is C17H36O4SSi. The molecule has 0 rings (SSSR count). The monoisotopic (exact) mass is 364 g/mol. The van der Waals surface area contributed by atoms with Gasteiger partial charge in [0.05, 0.1) is 0 Å². The van der Waals surface area contributed by atoms with Crippen molar-refractivity contribution in [1.29, 1.82) is 0 Å². The average Bonchev–Trinajstić information content (AvgIpc) is 2.47. The van der Waals surface area contributed by atoms with E-state index in [2.05, 4.69) is 13.8 Å². The fourth-order valence-corrected chi connectivity index (χ4v) is 7.39. The summed E-state index contributed by atoms with van der Waals surface area (Å²) in [5.41, 5.74) is 0. The van der Waals surface area contributed by atoms with E-state index in [9.17, 15) is 4.79 Å². The van der Waals surface area contributed by atoms with E-state index >= 15 is 0 Å². The van der Waals surface area contributed by atoms with E-state index in [1.807, 2.05) is 20.8 Å². The van der Waals surface area contributed by atoms with Gasteiger partial charge in [0.25, 0.3) is 0 Å². The zero-order valence-electron chi connectivity index (χ0n) is 15.7. The minimum atomic E-state index is -2.97. The smallest absolute Gasteiger partial charge is 0.365 e. The van der Waals surface area contributed by atoms with Crippen molar-refractivity contribution in [2.75, 3.05) is 13.2 Å². The van der Waals surface area contributed by atoms with Crippen LogP contribution in [0.3, 0.4) is 0 Å². The van der Waals surface area contributed by atoms with Crippen molar-refractivity contribution in [3.8, 4) is 0 Å². The minimum Gasteiger partial charge on any atom is -0.365 e. The van der Waals surface area contributed by atoms with Crippen LogP contribution in [0.5, 0.6) is 0 Å². The van der Waals surface area contributed by atoms with Crippen molar-refractivity contribution >= 4 is 24.3 Å². The lowest BCUT2D eigenvalue weighted by Gasteiger charge is -2.30. The maximum Gasteiger partial charge on any atom is 0.581 e. The maximum absolute atomic E-state index is 12.3. The van der Waals surface area contributed by atoms with Crippen LogP contribution in [0.2, 0.25) is 0 Å². The lowest BCUT2D eigenvalue weighted by atomic mass is 10.1. The minimum absolute atomic E-state index is 0.0506. The zero-order chi connectivity index (χ0) is 17.6. The molecule has 0 aromatic heterocycles. The van der Waals surface area contributed by atoms with Crippen LogP contribution >= 0.6 is 11.2 Å². The Morgan fingerprint density at radius 3 is 2.09 bits per heavy atom. The van der Waals surface area contributed by atoms with Gasteiger partial charge in [-0.25, -0.2) is 0 Å². The van der Waals surface area contributed by atoms with Gasteiger partial charge in [0, 0.05) is 25.7 Å². The van der Waals surface area contributed by atoms with Crippen LogP contribution in [0.1, 0.15) is 86.0 Å². The SMILES string of the molecule is CCCCCCCC(=O)S[Si](OCC)(OCC)OC(C)CCC. The topological polar surface area (TPSA) is 44.8 Å². The average molecular weight is 365 g/mol. The zero-order valence-corrected chi connectivity index (χ0v) is 17.5.